The molecule has 0 bridgehead atoms. The van der Waals surface area contributed by atoms with E-state index < -0.39 is 4.92 Å². The van der Waals surface area contributed by atoms with Crippen molar-refractivity contribution in [2.75, 3.05) is 5.32 Å². The van der Waals surface area contributed by atoms with Crippen LogP contribution in [0.2, 0.25) is 0 Å². The number of rotatable bonds is 5. The van der Waals surface area contributed by atoms with Gasteiger partial charge in [0.1, 0.15) is 5.76 Å². The summed E-state index contributed by atoms with van der Waals surface area (Å²) in [5, 5.41) is 20.3. The number of benzene rings is 1. The van der Waals surface area contributed by atoms with Crippen molar-refractivity contribution in [1.82, 2.24) is 10.5 Å². The summed E-state index contributed by atoms with van der Waals surface area (Å²) < 4.78 is 5.15. The monoisotopic (exact) mass is 332 g/mol. The summed E-state index contributed by atoms with van der Waals surface area (Å²) in [6.45, 7) is 7.29. The summed E-state index contributed by atoms with van der Waals surface area (Å²) in [6.07, 6.45) is 0.676. The van der Waals surface area contributed by atoms with E-state index in [-0.39, 0.29) is 17.8 Å². The molecule has 0 unspecified atom stereocenters. The van der Waals surface area contributed by atoms with E-state index in [1.165, 1.54) is 18.2 Å². The molecule has 1 aromatic carbocycles. The highest BCUT2D eigenvalue weighted by Gasteiger charge is 2.21. The Balaban J connectivity index is 2.11. The number of carbonyl (C=O) groups excluding carboxylic acids is 1. The third kappa shape index (κ3) is 3.70. The number of urea groups is 1. The number of aromatic nitrogens is 1. The highest BCUT2D eigenvalue weighted by molar-refractivity contribution is 5.90. The van der Waals surface area contributed by atoms with Crippen LogP contribution in [0.25, 0.3) is 0 Å². The maximum atomic E-state index is 12.3. The molecule has 128 valence electrons. The van der Waals surface area contributed by atoms with E-state index in [1.807, 2.05) is 13.8 Å². The first-order chi connectivity index (χ1) is 11.3. The van der Waals surface area contributed by atoms with E-state index in [9.17, 15) is 14.9 Å². The first-order valence-electron chi connectivity index (χ1n) is 7.58. The zero-order chi connectivity index (χ0) is 17.9. The molecule has 2 rings (SSSR count). The number of hydrogen-bond acceptors (Lipinski definition) is 5. The topological polar surface area (TPSA) is 110 Å². The predicted molar refractivity (Wildman–Crippen MR) is 89.0 cm³/mol. The molecule has 1 atom stereocenters. The van der Waals surface area contributed by atoms with E-state index in [2.05, 4.69) is 15.8 Å². The average molecular weight is 332 g/mol. The van der Waals surface area contributed by atoms with Gasteiger partial charge in [-0.2, -0.15) is 0 Å². The van der Waals surface area contributed by atoms with Crippen molar-refractivity contribution in [2.24, 2.45) is 0 Å². The lowest BCUT2D eigenvalue weighted by Gasteiger charge is -2.18. The Morgan fingerprint density at radius 2 is 2.08 bits per heavy atom. The minimum absolute atomic E-state index is 0.0133. The molecule has 0 radical (unpaired) electrons. The van der Waals surface area contributed by atoms with Crippen molar-refractivity contribution < 1.29 is 14.2 Å². The second kappa shape index (κ2) is 7.12. The lowest BCUT2D eigenvalue weighted by molar-refractivity contribution is -0.384. The minimum atomic E-state index is -0.471. The fourth-order valence-corrected chi connectivity index (χ4v) is 2.58. The van der Waals surface area contributed by atoms with Gasteiger partial charge in [0.05, 0.1) is 16.7 Å². The van der Waals surface area contributed by atoms with E-state index in [4.69, 9.17) is 4.52 Å². The lowest BCUT2D eigenvalue weighted by Crippen LogP contribution is -2.33. The summed E-state index contributed by atoms with van der Waals surface area (Å²) in [7, 11) is 0. The molecule has 1 heterocycles. The summed E-state index contributed by atoms with van der Waals surface area (Å²) in [5.41, 5.74) is 2.73. The third-order valence-electron chi connectivity index (χ3n) is 3.82. The van der Waals surface area contributed by atoms with Crippen LogP contribution in [0.4, 0.5) is 16.2 Å². The second-order valence-electron chi connectivity index (χ2n) is 5.55. The standard InChI is InChI=1S/C16H20N4O4/c1-5-13(15-10(3)19-24-11(15)4)17-16(21)18-14-7-6-12(20(22)23)8-9(14)2/h6-8,13H,5H2,1-4H3,(H2,17,18,21)/t13-/m0/s1. The third-order valence-corrected chi connectivity index (χ3v) is 3.82. The molecule has 8 nitrogen and oxygen atoms in total. The van der Waals surface area contributed by atoms with E-state index >= 15 is 0 Å². The maximum absolute atomic E-state index is 12.3. The SMILES string of the molecule is CC[C@H](NC(=O)Nc1ccc([N+](=O)[O-])cc1C)c1c(C)noc1C. The molecular formula is C16H20N4O4. The molecule has 0 aliphatic heterocycles. The Morgan fingerprint density at radius 1 is 1.38 bits per heavy atom. The summed E-state index contributed by atoms with van der Waals surface area (Å²) in [5.74, 6) is 0.672. The summed E-state index contributed by atoms with van der Waals surface area (Å²) in [6, 6.07) is 3.67. The lowest BCUT2D eigenvalue weighted by atomic mass is 10.0. The molecule has 0 saturated carbocycles. The molecule has 0 aliphatic carbocycles. The Kier molecular flexibility index (Phi) is 5.18. The van der Waals surface area contributed by atoms with Crippen molar-refractivity contribution in [1.29, 1.82) is 0 Å². The number of nitrogens with zero attached hydrogens (tertiary/aromatic N) is 2. The van der Waals surface area contributed by atoms with Crippen molar-refractivity contribution in [3.8, 4) is 0 Å². The van der Waals surface area contributed by atoms with Crippen LogP contribution in [0.1, 0.15) is 42.0 Å². The Morgan fingerprint density at radius 3 is 2.58 bits per heavy atom. The number of carbonyl (C=O) groups is 1. The van der Waals surface area contributed by atoms with Crippen LogP contribution in [-0.2, 0) is 0 Å². The smallest absolute Gasteiger partial charge is 0.319 e. The van der Waals surface area contributed by atoms with Crippen LogP contribution in [0.3, 0.4) is 0 Å². The normalized spacial score (nSPS) is 11.8. The molecule has 24 heavy (non-hydrogen) atoms. The number of nitro benzene ring substituents is 1. The van der Waals surface area contributed by atoms with E-state index in [0.717, 1.165) is 11.3 Å². The average Bonchev–Trinajstić information content (AvgIpc) is 2.86. The number of aryl methyl sites for hydroxylation is 3. The Bertz CT molecular complexity index is 750. The fourth-order valence-electron chi connectivity index (χ4n) is 2.58. The van der Waals surface area contributed by atoms with Crippen molar-refractivity contribution >= 4 is 17.4 Å². The predicted octanol–water partition coefficient (Wildman–Crippen LogP) is 3.78. The Hall–Kier alpha value is -2.90. The zero-order valence-corrected chi connectivity index (χ0v) is 14.0. The van der Waals surface area contributed by atoms with Gasteiger partial charge in [-0.3, -0.25) is 10.1 Å². The van der Waals surface area contributed by atoms with Gasteiger partial charge in [-0.25, -0.2) is 4.79 Å². The number of nitrogens with one attached hydrogen (secondary N) is 2. The number of nitro groups is 1. The first-order valence-corrected chi connectivity index (χ1v) is 7.58. The molecule has 0 spiro atoms. The number of non-ortho nitro benzene ring substituents is 1. The Labute approximate surface area is 139 Å². The second-order valence-corrected chi connectivity index (χ2v) is 5.55. The van der Waals surface area contributed by atoms with Gasteiger partial charge in [0.25, 0.3) is 5.69 Å². The van der Waals surface area contributed by atoms with Gasteiger partial charge in [0.15, 0.2) is 0 Å². The van der Waals surface area contributed by atoms with Crippen LogP contribution in [-0.4, -0.2) is 16.1 Å². The van der Waals surface area contributed by atoms with Crippen molar-refractivity contribution in [3.63, 3.8) is 0 Å². The van der Waals surface area contributed by atoms with Crippen molar-refractivity contribution in [3.05, 3.63) is 50.9 Å². The van der Waals surface area contributed by atoms with E-state index in [0.29, 0.717) is 23.4 Å². The fraction of sp³-hybridized carbons (Fsp3) is 0.375. The largest absolute Gasteiger partial charge is 0.361 e. The van der Waals surface area contributed by atoms with Gasteiger partial charge in [-0.15, -0.1) is 0 Å². The zero-order valence-electron chi connectivity index (χ0n) is 14.0. The highest BCUT2D eigenvalue weighted by Crippen LogP contribution is 2.25. The van der Waals surface area contributed by atoms with Gasteiger partial charge < -0.3 is 15.2 Å². The van der Waals surface area contributed by atoms with Gasteiger partial charge in [-0.05, 0) is 38.8 Å². The number of amides is 2. The molecule has 2 aromatic rings. The highest BCUT2D eigenvalue weighted by atomic mass is 16.6. The molecule has 8 heteroatoms. The van der Waals surface area contributed by atoms with E-state index in [1.54, 1.807) is 13.8 Å². The summed E-state index contributed by atoms with van der Waals surface area (Å²) in [4.78, 5) is 22.5. The molecule has 2 N–H and O–H groups in total. The van der Waals surface area contributed by atoms with Crippen LogP contribution in [0.5, 0.6) is 0 Å². The quantitative estimate of drug-likeness (QED) is 0.639. The minimum Gasteiger partial charge on any atom is -0.361 e. The molecule has 0 aliphatic rings. The van der Waals surface area contributed by atoms with Crippen LogP contribution >= 0.6 is 0 Å². The van der Waals surface area contributed by atoms with Gasteiger partial charge in [0, 0.05) is 23.4 Å². The van der Waals surface area contributed by atoms with Gasteiger partial charge in [0.2, 0.25) is 0 Å². The number of hydrogen-bond donors (Lipinski definition) is 2. The molecule has 1 aromatic heterocycles. The van der Waals surface area contributed by atoms with Crippen molar-refractivity contribution in [2.45, 2.75) is 40.2 Å². The van der Waals surface area contributed by atoms with Crippen LogP contribution in [0, 0.1) is 30.9 Å². The molecular weight excluding hydrogens is 312 g/mol. The van der Waals surface area contributed by atoms with Gasteiger partial charge in [-0.1, -0.05) is 12.1 Å². The summed E-state index contributed by atoms with van der Waals surface area (Å²) >= 11 is 0. The molecule has 0 saturated heterocycles. The molecule has 2 amide bonds. The molecule has 0 fully saturated rings. The first kappa shape index (κ1) is 17.5. The number of anilines is 1. The van der Waals surface area contributed by atoms with Gasteiger partial charge >= 0.3 is 6.03 Å². The van der Waals surface area contributed by atoms with Crippen LogP contribution in [0.15, 0.2) is 22.7 Å². The maximum Gasteiger partial charge on any atom is 0.319 e. The van der Waals surface area contributed by atoms with Crippen LogP contribution < -0.4 is 10.6 Å².